The molecule has 3 heterocycles. The summed E-state index contributed by atoms with van der Waals surface area (Å²) in [7, 11) is 0. The van der Waals surface area contributed by atoms with E-state index in [-0.39, 0.29) is 29.6 Å². The molecule has 0 bridgehead atoms. The van der Waals surface area contributed by atoms with Crippen LogP contribution < -0.4 is 5.32 Å². The van der Waals surface area contributed by atoms with Crippen LogP contribution in [-0.4, -0.2) is 50.1 Å². The SMILES string of the molecule is Cl.O=C(c1cc(F)ccc1[N+](=O)[O-])N1CCC(c2nnc3n2CCNC3)CC1. The highest BCUT2D eigenvalue weighted by molar-refractivity contribution is 5.98. The number of nitrogens with one attached hydrogen (secondary N) is 1. The Kier molecular flexibility index (Phi) is 5.90. The van der Waals surface area contributed by atoms with Crippen molar-refractivity contribution in [2.75, 3.05) is 19.6 Å². The van der Waals surface area contributed by atoms with E-state index in [0.29, 0.717) is 32.5 Å². The Balaban J connectivity index is 0.00000225. The molecule has 9 nitrogen and oxygen atoms in total. The number of hydrogen-bond acceptors (Lipinski definition) is 6. The zero-order valence-corrected chi connectivity index (χ0v) is 15.8. The van der Waals surface area contributed by atoms with Gasteiger partial charge in [-0.3, -0.25) is 14.9 Å². The third-order valence-corrected chi connectivity index (χ3v) is 5.18. The van der Waals surface area contributed by atoms with Gasteiger partial charge in [-0.05, 0) is 25.0 Å². The molecule has 0 unspecified atom stereocenters. The van der Waals surface area contributed by atoms with Crippen LogP contribution >= 0.6 is 12.4 Å². The van der Waals surface area contributed by atoms with Crippen molar-refractivity contribution < 1.29 is 14.1 Å². The lowest BCUT2D eigenvalue weighted by molar-refractivity contribution is -0.385. The highest BCUT2D eigenvalue weighted by Crippen LogP contribution is 2.30. The van der Waals surface area contributed by atoms with Crippen molar-refractivity contribution in [3.63, 3.8) is 0 Å². The summed E-state index contributed by atoms with van der Waals surface area (Å²) in [6.45, 7) is 3.29. The molecule has 2 aliphatic rings. The van der Waals surface area contributed by atoms with Crippen molar-refractivity contribution in [2.45, 2.75) is 31.8 Å². The number of aromatic nitrogens is 3. The maximum atomic E-state index is 13.5. The van der Waals surface area contributed by atoms with Crippen LogP contribution in [-0.2, 0) is 13.1 Å². The fourth-order valence-corrected chi connectivity index (χ4v) is 3.77. The molecule has 0 radical (unpaired) electrons. The second-order valence-corrected chi connectivity index (χ2v) is 6.79. The number of carbonyl (C=O) groups is 1. The van der Waals surface area contributed by atoms with Crippen LogP contribution in [0.3, 0.4) is 0 Å². The summed E-state index contributed by atoms with van der Waals surface area (Å²) in [6, 6.07) is 2.96. The standard InChI is InChI=1S/C17H19FN6O3.ClH/c18-12-1-2-14(24(26)27)13(9-12)17(25)22-6-3-11(4-7-22)16-21-20-15-10-19-5-8-23(15)16;/h1-2,9,11,19H,3-8,10H2;1H. The number of amides is 1. The minimum Gasteiger partial charge on any atom is -0.338 e. The monoisotopic (exact) mass is 410 g/mol. The van der Waals surface area contributed by atoms with Crippen molar-refractivity contribution in [1.82, 2.24) is 25.0 Å². The van der Waals surface area contributed by atoms with Crippen LogP contribution in [0.2, 0.25) is 0 Å². The Hall–Kier alpha value is -2.59. The van der Waals surface area contributed by atoms with E-state index < -0.39 is 16.6 Å². The van der Waals surface area contributed by atoms with E-state index in [4.69, 9.17) is 0 Å². The van der Waals surface area contributed by atoms with E-state index in [0.717, 1.165) is 42.9 Å². The number of nitro benzene ring substituents is 1. The first-order chi connectivity index (χ1) is 13.0. The molecule has 1 fully saturated rings. The number of hydrogen-bond donors (Lipinski definition) is 1. The van der Waals surface area contributed by atoms with Crippen LogP contribution in [0, 0.1) is 15.9 Å². The Morgan fingerprint density at radius 1 is 1.25 bits per heavy atom. The summed E-state index contributed by atoms with van der Waals surface area (Å²) in [5, 5.41) is 23.0. The zero-order chi connectivity index (χ0) is 19.0. The smallest absolute Gasteiger partial charge is 0.282 e. The number of fused-ring (bicyclic) bond motifs is 1. The van der Waals surface area contributed by atoms with Crippen LogP contribution in [0.1, 0.15) is 40.8 Å². The Morgan fingerprint density at radius 2 is 2.00 bits per heavy atom. The minimum atomic E-state index is -0.664. The molecule has 1 aromatic carbocycles. The quantitative estimate of drug-likeness (QED) is 0.611. The lowest BCUT2D eigenvalue weighted by Crippen LogP contribution is -2.39. The van der Waals surface area contributed by atoms with Gasteiger partial charge in [0.05, 0.1) is 11.5 Å². The van der Waals surface area contributed by atoms with E-state index in [9.17, 15) is 19.3 Å². The van der Waals surface area contributed by atoms with Gasteiger partial charge in [-0.15, -0.1) is 22.6 Å². The first kappa shape index (κ1) is 20.2. The van der Waals surface area contributed by atoms with E-state index in [1.807, 2.05) is 0 Å². The molecular weight excluding hydrogens is 391 g/mol. The lowest BCUT2D eigenvalue weighted by atomic mass is 9.95. The average molecular weight is 411 g/mol. The first-order valence-corrected chi connectivity index (χ1v) is 8.90. The van der Waals surface area contributed by atoms with Gasteiger partial charge >= 0.3 is 0 Å². The van der Waals surface area contributed by atoms with E-state index in [1.54, 1.807) is 4.90 Å². The van der Waals surface area contributed by atoms with E-state index in [2.05, 4.69) is 20.1 Å². The summed E-state index contributed by atoms with van der Waals surface area (Å²) < 4.78 is 15.7. The Morgan fingerprint density at radius 3 is 2.71 bits per heavy atom. The van der Waals surface area contributed by atoms with Crippen LogP contribution in [0.25, 0.3) is 0 Å². The topological polar surface area (TPSA) is 106 Å². The minimum absolute atomic E-state index is 0. The number of nitro groups is 1. The average Bonchev–Trinajstić information content (AvgIpc) is 3.11. The molecule has 1 N–H and O–H groups in total. The number of piperidine rings is 1. The molecule has 0 atom stereocenters. The second kappa shape index (κ2) is 8.19. The van der Waals surface area contributed by atoms with E-state index >= 15 is 0 Å². The molecule has 0 saturated carbocycles. The summed E-state index contributed by atoms with van der Waals surface area (Å²) in [5.41, 5.74) is -0.577. The predicted molar refractivity (Wildman–Crippen MR) is 99.9 cm³/mol. The van der Waals surface area contributed by atoms with Crippen molar-refractivity contribution in [3.8, 4) is 0 Å². The zero-order valence-electron chi connectivity index (χ0n) is 15.0. The molecule has 150 valence electrons. The Bertz CT molecular complexity index is 897. The first-order valence-electron chi connectivity index (χ1n) is 8.90. The number of benzene rings is 1. The van der Waals surface area contributed by atoms with Gasteiger partial charge in [0.25, 0.3) is 11.6 Å². The molecule has 0 spiro atoms. The number of carbonyl (C=O) groups excluding carboxylic acids is 1. The summed E-state index contributed by atoms with van der Waals surface area (Å²) in [5.74, 6) is 0.881. The molecule has 1 saturated heterocycles. The lowest BCUT2D eigenvalue weighted by Gasteiger charge is -2.32. The molecule has 11 heteroatoms. The maximum absolute atomic E-state index is 13.5. The van der Waals surface area contributed by atoms with Gasteiger partial charge in [0.1, 0.15) is 23.0 Å². The molecular formula is C17H20ClFN6O3. The van der Waals surface area contributed by atoms with Gasteiger partial charge in [-0.25, -0.2) is 4.39 Å². The van der Waals surface area contributed by atoms with Crippen molar-refractivity contribution in [3.05, 3.63) is 51.3 Å². The summed E-state index contributed by atoms with van der Waals surface area (Å²) >= 11 is 0. The molecule has 4 rings (SSSR count). The third kappa shape index (κ3) is 3.69. The van der Waals surface area contributed by atoms with Gasteiger partial charge in [-0.2, -0.15) is 0 Å². The normalized spacial score (nSPS) is 17.0. The second-order valence-electron chi connectivity index (χ2n) is 6.79. The molecule has 2 aromatic rings. The van der Waals surface area contributed by atoms with Gasteiger partial charge in [0.2, 0.25) is 0 Å². The van der Waals surface area contributed by atoms with Crippen LogP contribution in [0.5, 0.6) is 0 Å². The van der Waals surface area contributed by atoms with Crippen molar-refractivity contribution in [2.24, 2.45) is 0 Å². The highest BCUT2D eigenvalue weighted by atomic mass is 35.5. The van der Waals surface area contributed by atoms with Crippen LogP contribution in [0.4, 0.5) is 10.1 Å². The number of likely N-dealkylation sites (tertiary alicyclic amines) is 1. The van der Waals surface area contributed by atoms with Gasteiger partial charge in [0, 0.05) is 38.2 Å². The highest BCUT2D eigenvalue weighted by Gasteiger charge is 2.31. The fraction of sp³-hybridized carbons (Fsp3) is 0.471. The largest absolute Gasteiger partial charge is 0.338 e. The number of halogens is 2. The Labute approximate surface area is 166 Å². The summed E-state index contributed by atoms with van der Waals surface area (Å²) in [4.78, 5) is 24.8. The van der Waals surface area contributed by atoms with Crippen molar-refractivity contribution >= 4 is 24.0 Å². The molecule has 2 aliphatic heterocycles. The van der Waals surface area contributed by atoms with E-state index in [1.165, 1.54) is 0 Å². The molecule has 28 heavy (non-hydrogen) atoms. The maximum Gasteiger partial charge on any atom is 0.282 e. The summed E-state index contributed by atoms with van der Waals surface area (Å²) in [6.07, 6.45) is 1.39. The van der Waals surface area contributed by atoms with Crippen molar-refractivity contribution in [1.29, 1.82) is 0 Å². The number of nitrogens with zero attached hydrogens (tertiary/aromatic N) is 5. The molecule has 1 amide bonds. The fourth-order valence-electron chi connectivity index (χ4n) is 3.77. The third-order valence-electron chi connectivity index (χ3n) is 5.18. The molecule has 0 aliphatic carbocycles. The van der Waals surface area contributed by atoms with Gasteiger partial charge < -0.3 is 14.8 Å². The number of rotatable bonds is 3. The predicted octanol–water partition coefficient (Wildman–Crippen LogP) is 1.87. The molecule has 1 aromatic heterocycles. The van der Waals surface area contributed by atoms with Gasteiger partial charge in [-0.1, -0.05) is 0 Å². The van der Waals surface area contributed by atoms with Gasteiger partial charge in [0.15, 0.2) is 0 Å². The van der Waals surface area contributed by atoms with Crippen LogP contribution in [0.15, 0.2) is 18.2 Å².